The molecule has 11 nitrogen and oxygen atoms in total. The van der Waals surface area contributed by atoms with Crippen molar-refractivity contribution >= 4 is 23.7 Å². The Morgan fingerprint density at radius 2 is 1.74 bits per heavy atom. The first-order valence-corrected chi connectivity index (χ1v) is 13.4. The van der Waals surface area contributed by atoms with Crippen LogP contribution in [0, 0.1) is 11.3 Å². The molecule has 2 heterocycles. The normalized spacial score (nSPS) is 14.5. The SMILES string of the molecule is CCOC(=O)OCN(C(=O)c1cc(-c2cnn(-c3c(OC(F)F)c(C(F)(C(F)(F)F)C(F)(F)F)nn3C)c2)ccc1Cl)C1(C#N)CC1. The van der Waals surface area contributed by atoms with Gasteiger partial charge in [0, 0.05) is 18.8 Å². The zero-order valence-electron chi connectivity index (χ0n) is 23.8. The van der Waals surface area contributed by atoms with E-state index in [1.807, 2.05) is 6.07 Å². The monoisotopic (exact) mass is 702 g/mol. The van der Waals surface area contributed by atoms with Gasteiger partial charge in [-0.2, -0.15) is 50.6 Å². The average Bonchev–Trinajstić information content (AvgIpc) is 3.49. The standard InChI is InChI=1S/C26H20ClF9N6O5/c1-3-45-22(44)46-12-41(23(11-37)6-7-23)20(43)15-8-13(4-5-16(15)27)14-9-38-42(10-14)19-17(47-21(28)29)18(39-40(19)2)24(30,25(31,32)33)26(34,35)36/h4-5,8-10,21H,3,6-7,12H2,1-2H3. The van der Waals surface area contributed by atoms with E-state index in [0.717, 1.165) is 24.3 Å². The van der Waals surface area contributed by atoms with Gasteiger partial charge in [0.25, 0.3) is 5.91 Å². The summed E-state index contributed by atoms with van der Waals surface area (Å²) in [5.41, 5.74) is -10.2. The summed E-state index contributed by atoms with van der Waals surface area (Å²) in [6.07, 6.45) is -12.1. The van der Waals surface area contributed by atoms with Crippen molar-refractivity contribution in [3.63, 3.8) is 0 Å². The van der Waals surface area contributed by atoms with Crippen molar-refractivity contribution in [3.05, 3.63) is 46.9 Å². The fourth-order valence-corrected chi connectivity index (χ4v) is 4.61. The van der Waals surface area contributed by atoms with Crippen LogP contribution in [0.2, 0.25) is 5.02 Å². The number of benzene rings is 1. The van der Waals surface area contributed by atoms with Gasteiger partial charge in [0.15, 0.2) is 24.0 Å². The lowest BCUT2D eigenvalue weighted by Crippen LogP contribution is -2.51. The van der Waals surface area contributed by atoms with E-state index < -0.39 is 66.2 Å². The maximum Gasteiger partial charge on any atom is 0.509 e. The highest BCUT2D eigenvalue weighted by atomic mass is 35.5. The van der Waals surface area contributed by atoms with E-state index in [2.05, 4.69) is 19.7 Å². The van der Waals surface area contributed by atoms with Crippen molar-refractivity contribution in [3.8, 4) is 28.8 Å². The quantitative estimate of drug-likeness (QED) is 0.134. The largest absolute Gasteiger partial charge is 0.509 e. The van der Waals surface area contributed by atoms with Gasteiger partial charge in [-0.15, -0.1) is 0 Å². The minimum Gasteiger partial charge on any atom is -0.435 e. The van der Waals surface area contributed by atoms with Gasteiger partial charge >= 0.3 is 30.8 Å². The summed E-state index contributed by atoms with van der Waals surface area (Å²) >= 11 is 6.26. The predicted octanol–water partition coefficient (Wildman–Crippen LogP) is 6.45. The smallest absolute Gasteiger partial charge is 0.435 e. The molecule has 3 aromatic rings. The molecule has 1 aromatic carbocycles. The molecule has 0 unspecified atom stereocenters. The first-order valence-electron chi connectivity index (χ1n) is 13.0. The number of nitriles is 1. The Morgan fingerprint density at radius 3 is 2.28 bits per heavy atom. The summed E-state index contributed by atoms with van der Waals surface area (Å²) in [6, 6.07) is 5.71. The second kappa shape index (κ2) is 12.5. The molecule has 0 radical (unpaired) electrons. The number of hydrogen-bond acceptors (Lipinski definition) is 8. The number of rotatable bonds is 10. The van der Waals surface area contributed by atoms with Crippen molar-refractivity contribution in [2.75, 3.05) is 13.3 Å². The molecular weight excluding hydrogens is 683 g/mol. The number of aromatic nitrogens is 4. The summed E-state index contributed by atoms with van der Waals surface area (Å²) in [5, 5.41) is 16.2. The summed E-state index contributed by atoms with van der Waals surface area (Å²) in [4.78, 5) is 26.3. The number of ether oxygens (including phenoxy) is 3. The lowest BCUT2D eigenvalue weighted by atomic mass is 9.99. The first-order chi connectivity index (χ1) is 21.8. The molecule has 47 heavy (non-hydrogen) atoms. The first kappa shape index (κ1) is 35.2. The van der Waals surface area contributed by atoms with Crippen molar-refractivity contribution in [2.24, 2.45) is 7.05 Å². The number of nitrogens with zero attached hydrogens (tertiary/aromatic N) is 6. The van der Waals surface area contributed by atoms with E-state index in [1.165, 1.54) is 25.1 Å². The van der Waals surface area contributed by atoms with Gasteiger partial charge in [0.2, 0.25) is 0 Å². The van der Waals surface area contributed by atoms with Crippen LogP contribution < -0.4 is 4.74 Å². The van der Waals surface area contributed by atoms with E-state index >= 15 is 0 Å². The lowest BCUT2D eigenvalue weighted by Gasteiger charge is -2.28. The molecule has 0 aliphatic heterocycles. The number of carbonyl (C=O) groups excluding carboxylic acids is 2. The zero-order chi connectivity index (χ0) is 35.1. The highest BCUT2D eigenvalue weighted by Crippen LogP contribution is 2.56. The van der Waals surface area contributed by atoms with Gasteiger partial charge in [-0.1, -0.05) is 17.7 Å². The maximum atomic E-state index is 14.9. The van der Waals surface area contributed by atoms with Crippen LogP contribution >= 0.6 is 11.6 Å². The van der Waals surface area contributed by atoms with Gasteiger partial charge in [-0.3, -0.25) is 9.69 Å². The molecule has 0 spiro atoms. The van der Waals surface area contributed by atoms with Crippen molar-refractivity contribution in [2.45, 2.75) is 49.9 Å². The van der Waals surface area contributed by atoms with Crippen LogP contribution in [0.1, 0.15) is 35.8 Å². The molecule has 2 aromatic heterocycles. The molecule has 21 heteroatoms. The van der Waals surface area contributed by atoms with E-state index in [4.69, 9.17) is 16.3 Å². The minimum absolute atomic E-state index is 0.00430. The molecule has 254 valence electrons. The summed E-state index contributed by atoms with van der Waals surface area (Å²) in [7, 11) is 0.737. The summed E-state index contributed by atoms with van der Waals surface area (Å²) < 4.78 is 137. The van der Waals surface area contributed by atoms with Gasteiger partial charge in [-0.05, 0) is 37.5 Å². The Morgan fingerprint density at radius 1 is 1.11 bits per heavy atom. The molecular formula is C26H20ClF9N6O5. The molecule has 0 saturated heterocycles. The molecule has 4 rings (SSSR count). The molecule has 1 aliphatic rings. The van der Waals surface area contributed by atoms with Gasteiger partial charge in [0.1, 0.15) is 5.54 Å². The predicted molar refractivity (Wildman–Crippen MR) is 139 cm³/mol. The van der Waals surface area contributed by atoms with Crippen LogP contribution in [-0.4, -0.2) is 74.4 Å². The fourth-order valence-electron chi connectivity index (χ4n) is 4.42. The van der Waals surface area contributed by atoms with Crippen molar-refractivity contribution in [1.29, 1.82) is 5.26 Å². The van der Waals surface area contributed by atoms with E-state index in [1.54, 1.807) is 0 Å². The molecule has 0 bridgehead atoms. The maximum absolute atomic E-state index is 14.9. The number of alkyl halides is 9. The Hall–Kier alpha value is -4.67. The Kier molecular flexibility index (Phi) is 9.36. The van der Waals surface area contributed by atoms with Crippen LogP contribution in [0.5, 0.6) is 5.75 Å². The fraction of sp³-hybridized carbons (Fsp3) is 0.423. The molecule has 0 N–H and O–H groups in total. The Bertz CT molecular complexity index is 1700. The number of carbonyl (C=O) groups is 2. The van der Waals surface area contributed by atoms with Crippen LogP contribution in [0.15, 0.2) is 30.6 Å². The van der Waals surface area contributed by atoms with Crippen LogP contribution in [0.25, 0.3) is 16.9 Å². The highest BCUT2D eigenvalue weighted by Gasteiger charge is 2.76. The number of halogens is 10. The van der Waals surface area contributed by atoms with E-state index in [-0.39, 0.29) is 45.8 Å². The zero-order valence-corrected chi connectivity index (χ0v) is 24.6. The molecule has 1 amide bonds. The number of hydrogen-bond donors (Lipinski definition) is 0. The van der Waals surface area contributed by atoms with Crippen molar-refractivity contribution in [1.82, 2.24) is 24.5 Å². The number of aryl methyl sites for hydroxylation is 1. The third-order valence-electron chi connectivity index (χ3n) is 6.89. The van der Waals surface area contributed by atoms with Crippen LogP contribution in [0.3, 0.4) is 0 Å². The van der Waals surface area contributed by atoms with Crippen molar-refractivity contribution < 1.29 is 63.3 Å². The second-order valence-corrected chi connectivity index (χ2v) is 10.3. The Labute approximate surface area is 262 Å². The molecule has 0 atom stereocenters. The summed E-state index contributed by atoms with van der Waals surface area (Å²) in [5.74, 6) is -3.81. The second-order valence-electron chi connectivity index (χ2n) is 9.86. The third kappa shape index (κ3) is 6.48. The van der Waals surface area contributed by atoms with Crippen LogP contribution in [-0.2, 0) is 22.2 Å². The average molecular weight is 703 g/mol. The van der Waals surface area contributed by atoms with Crippen LogP contribution in [0.4, 0.5) is 44.3 Å². The minimum atomic E-state index is -6.70. The van der Waals surface area contributed by atoms with E-state index in [0.29, 0.717) is 4.68 Å². The Balaban J connectivity index is 1.77. The number of amides is 1. The summed E-state index contributed by atoms with van der Waals surface area (Å²) in [6.45, 7) is -3.23. The highest BCUT2D eigenvalue weighted by molar-refractivity contribution is 6.34. The van der Waals surface area contributed by atoms with Gasteiger partial charge < -0.3 is 14.2 Å². The lowest BCUT2D eigenvalue weighted by molar-refractivity contribution is -0.350. The molecule has 1 fully saturated rings. The van der Waals surface area contributed by atoms with Gasteiger partial charge in [0.05, 0.1) is 29.5 Å². The third-order valence-corrected chi connectivity index (χ3v) is 7.22. The van der Waals surface area contributed by atoms with Gasteiger partial charge in [-0.25, -0.2) is 18.5 Å². The topological polar surface area (TPSA) is 124 Å². The van der Waals surface area contributed by atoms with E-state index in [9.17, 15) is 54.4 Å². The molecule has 1 saturated carbocycles. The molecule has 1 aliphatic carbocycles.